The first-order chi connectivity index (χ1) is 13.3. The molecule has 5 heteroatoms. The highest BCUT2D eigenvalue weighted by molar-refractivity contribution is 5.81. The Morgan fingerprint density at radius 3 is 2.39 bits per heavy atom. The molecule has 0 aliphatic carbocycles. The molecule has 2 rings (SSSR count). The van der Waals surface area contributed by atoms with Gasteiger partial charge in [-0.15, -0.1) is 0 Å². The van der Waals surface area contributed by atoms with Crippen LogP contribution in [0.4, 0.5) is 0 Å². The lowest BCUT2D eigenvalue weighted by Crippen LogP contribution is -2.37. The third-order valence-corrected chi connectivity index (χ3v) is 4.33. The molecule has 1 unspecified atom stereocenters. The van der Waals surface area contributed by atoms with E-state index in [-0.39, 0.29) is 12.0 Å². The molecule has 0 aliphatic heterocycles. The zero-order valence-electron chi connectivity index (χ0n) is 17.7. The van der Waals surface area contributed by atoms with Crippen LogP contribution in [0.25, 0.3) is 0 Å². The van der Waals surface area contributed by atoms with Crippen molar-refractivity contribution in [1.82, 2.24) is 5.32 Å². The summed E-state index contributed by atoms with van der Waals surface area (Å²) in [5, 5.41) is 2.96. The number of hydrogen-bond acceptors (Lipinski definition) is 4. The molecule has 5 nitrogen and oxygen atoms in total. The number of ether oxygens (including phenoxy) is 3. The molecule has 1 atom stereocenters. The quantitative estimate of drug-likeness (QED) is 0.687. The average Bonchev–Trinajstić information content (AvgIpc) is 2.67. The van der Waals surface area contributed by atoms with Gasteiger partial charge in [0.05, 0.1) is 13.2 Å². The minimum Gasteiger partial charge on any atom is -0.493 e. The van der Waals surface area contributed by atoms with Gasteiger partial charge in [0.15, 0.2) is 17.6 Å². The highest BCUT2D eigenvalue weighted by atomic mass is 16.5. The Kier molecular flexibility index (Phi) is 7.73. The predicted octanol–water partition coefficient (Wildman–Crippen LogP) is 4.57. The van der Waals surface area contributed by atoms with Gasteiger partial charge in [-0.3, -0.25) is 4.79 Å². The lowest BCUT2D eigenvalue weighted by molar-refractivity contribution is -0.128. The van der Waals surface area contributed by atoms with Crippen LogP contribution in [0.15, 0.2) is 36.4 Å². The van der Waals surface area contributed by atoms with E-state index in [1.807, 2.05) is 71.0 Å². The number of nitrogens with one attached hydrogen (secondary N) is 1. The molecule has 1 amide bonds. The van der Waals surface area contributed by atoms with Crippen LogP contribution < -0.4 is 19.5 Å². The summed E-state index contributed by atoms with van der Waals surface area (Å²) in [7, 11) is 1.61. The number of methoxy groups -OCH3 is 1. The van der Waals surface area contributed by atoms with Gasteiger partial charge >= 0.3 is 0 Å². The molecule has 152 valence electrons. The fourth-order valence-corrected chi connectivity index (χ4v) is 2.79. The smallest absolute Gasteiger partial charge is 0.261 e. The topological polar surface area (TPSA) is 56.8 Å². The fraction of sp³-hybridized carbons (Fsp3) is 0.435. The second-order valence-electron chi connectivity index (χ2n) is 7.15. The summed E-state index contributed by atoms with van der Waals surface area (Å²) in [5.74, 6) is 1.96. The second-order valence-corrected chi connectivity index (χ2v) is 7.15. The molecule has 0 bridgehead atoms. The first-order valence-electron chi connectivity index (χ1n) is 9.69. The predicted molar refractivity (Wildman–Crippen MR) is 111 cm³/mol. The summed E-state index contributed by atoms with van der Waals surface area (Å²) in [6.45, 7) is 10.3. The van der Waals surface area contributed by atoms with Gasteiger partial charge in [0, 0.05) is 6.54 Å². The van der Waals surface area contributed by atoms with Crippen molar-refractivity contribution < 1.29 is 19.0 Å². The largest absolute Gasteiger partial charge is 0.493 e. The van der Waals surface area contributed by atoms with Crippen LogP contribution in [0, 0.1) is 13.8 Å². The van der Waals surface area contributed by atoms with Crippen molar-refractivity contribution in [2.45, 2.75) is 59.8 Å². The maximum absolute atomic E-state index is 12.6. The normalized spacial score (nSPS) is 11.8. The lowest BCUT2D eigenvalue weighted by atomic mass is 10.1. The number of benzene rings is 2. The Morgan fingerprint density at radius 2 is 1.75 bits per heavy atom. The first kappa shape index (κ1) is 21.6. The summed E-state index contributed by atoms with van der Waals surface area (Å²) >= 11 is 0. The van der Waals surface area contributed by atoms with Gasteiger partial charge in [-0.25, -0.2) is 0 Å². The summed E-state index contributed by atoms with van der Waals surface area (Å²) < 4.78 is 17.1. The molecular formula is C23H31NO4. The SMILES string of the molecule is CCC(Oc1cc(C)ccc1C)C(=O)NCc1ccc(OC(C)C)c(OC)c1. The Morgan fingerprint density at radius 1 is 1.00 bits per heavy atom. The lowest BCUT2D eigenvalue weighted by Gasteiger charge is -2.19. The molecule has 0 fully saturated rings. The van der Waals surface area contributed by atoms with Gasteiger partial charge in [-0.2, -0.15) is 0 Å². The molecule has 0 saturated heterocycles. The zero-order chi connectivity index (χ0) is 20.7. The maximum atomic E-state index is 12.6. The highest BCUT2D eigenvalue weighted by Gasteiger charge is 2.19. The Hall–Kier alpha value is -2.69. The molecule has 0 aliphatic rings. The zero-order valence-corrected chi connectivity index (χ0v) is 17.7. The van der Waals surface area contributed by atoms with E-state index in [0.29, 0.717) is 24.5 Å². The van der Waals surface area contributed by atoms with Crippen molar-refractivity contribution in [3.05, 3.63) is 53.1 Å². The van der Waals surface area contributed by atoms with Crippen molar-refractivity contribution in [2.75, 3.05) is 7.11 Å². The van der Waals surface area contributed by atoms with E-state index in [2.05, 4.69) is 5.32 Å². The molecule has 0 radical (unpaired) electrons. The van der Waals surface area contributed by atoms with Crippen molar-refractivity contribution >= 4 is 5.91 Å². The van der Waals surface area contributed by atoms with E-state index in [4.69, 9.17) is 14.2 Å². The van der Waals surface area contributed by atoms with Gasteiger partial charge < -0.3 is 19.5 Å². The molecule has 28 heavy (non-hydrogen) atoms. The van der Waals surface area contributed by atoms with Crippen LogP contribution in [0.1, 0.15) is 43.9 Å². The number of aryl methyl sites for hydroxylation is 2. The molecule has 2 aromatic carbocycles. The Bertz CT molecular complexity index is 801. The second kappa shape index (κ2) is 10.0. The molecule has 2 aromatic rings. The van der Waals surface area contributed by atoms with Gasteiger partial charge in [-0.05, 0) is 69.0 Å². The van der Waals surface area contributed by atoms with Gasteiger partial charge in [0.25, 0.3) is 5.91 Å². The van der Waals surface area contributed by atoms with Crippen molar-refractivity contribution in [1.29, 1.82) is 0 Å². The van der Waals surface area contributed by atoms with E-state index in [0.717, 1.165) is 22.4 Å². The number of carbonyl (C=O) groups excluding carboxylic acids is 1. The molecule has 0 spiro atoms. The maximum Gasteiger partial charge on any atom is 0.261 e. The summed E-state index contributed by atoms with van der Waals surface area (Å²) in [4.78, 5) is 12.6. The van der Waals surface area contributed by atoms with Crippen molar-refractivity contribution in [2.24, 2.45) is 0 Å². The monoisotopic (exact) mass is 385 g/mol. The van der Waals surface area contributed by atoms with E-state index in [1.54, 1.807) is 7.11 Å². The van der Waals surface area contributed by atoms with Crippen LogP contribution in [0.2, 0.25) is 0 Å². The highest BCUT2D eigenvalue weighted by Crippen LogP contribution is 2.29. The number of rotatable bonds is 9. The number of hydrogen-bond donors (Lipinski definition) is 1. The first-order valence-corrected chi connectivity index (χ1v) is 9.69. The van der Waals surface area contributed by atoms with Crippen molar-refractivity contribution in [3.63, 3.8) is 0 Å². The van der Waals surface area contributed by atoms with E-state index in [9.17, 15) is 4.79 Å². The summed E-state index contributed by atoms with van der Waals surface area (Å²) in [6, 6.07) is 11.7. The molecule has 1 N–H and O–H groups in total. The van der Waals surface area contributed by atoms with Gasteiger partial charge in [0.1, 0.15) is 5.75 Å². The third kappa shape index (κ3) is 5.91. The average molecular weight is 386 g/mol. The standard InChI is InChI=1S/C23H31NO4/c1-7-19(28-21-12-16(4)8-9-17(21)5)23(25)24-14-18-10-11-20(27-15(2)3)22(13-18)26-6/h8-13,15,19H,7,14H2,1-6H3,(H,24,25). The van der Waals surface area contributed by atoms with Crippen LogP contribution in [0.5, 0.6) is 17.2 Å². The van der Waals surface area contributed by atoms with E-state index in [1.165, 1.54) is 0 Å². The van der Waals surface area contributed by atoms with E-state index < -0.39 is 6.10 Å². The molecule has 0 heterocycles. The molecule has 0 saturated carbocycles. The molecular weight excluding hydrogens is 354 g/mol. The fourth-order valence-electron chi connectivity index (χ4n) is 2.79. The number of amides is 1. The van der Waals surface area contributed by atoms with Crippen LogP contribution in [-0.4, -0.2) is 25.2 Å². The summed E-state index contributed by atoms with van der Waals surface area (Å²) in [6.07, 6.45) is 0.113. The Balaban J connectivity index is 2.02. The van der Waals surface area contributed by atoms with Gasteiger partial charge in [0.2, 0.25) is 0 Å². The summed E-state index contributed by atoms with van der Waals surface area (Å²) in [5.41, 5.74) is 3.05. The van der Waals surface area contributed by atoms with Gasteiger partial charge in [-0.1, -0.05) is 25.1 Å². The van der Waals surface area contributed by atoms with E-state index >= 15 is 0 Å². The molecule has 0 aromatic heterocycles. The third-order valence-electron chi connectivity index (χ3n) is 4.33. The van der Waals surface area contributed by atoms with Crippen LogP contribution in [0.3, 0.4) is 0 Å². The Labute approximate surface area is 168 Å². The van der Waals surface area contributed by atoms with Crippen LogP contribution in [-0.2, 0) is 11.3 Å². The van der Waals surface area contributed by atoms with Crippen molar-refractivity contribution in [3.8, 4) is 17.2 Å². The minimum atomic E-state index is -0.536. The van der Waals surface area contributed by atoms with Crippen LogP contribution >= 0.6 is 0 Å². The number of carbonyl (C=O) groups is 1. The minimum absolute atomic E-state index is 0.0620.